The number of benzene rings is 2. The minimum atomic E-state index is -0.287. The van der Waals surface area contributed by atoms with E-state index in [1.807, 2.05) is 36.6 Å². The van der Waals surface area contributed by atoms with E-state index in [9.17, 15) is 4.39 Å². The summed E-state index contributed by atoms with van der Waals surface area (Å²) in [5.74, 6) is 1.97. The lowest BCUT2D eigenvalue weighted by Gasteiger charge is -2.11. The number of rotatable bonds is 5. The first-order chi connectivity index (χ1) is 13.1. The van der Waals surface area contributed by atoms with Crippen LogP contribution in [0.3, 0.4) is 0 Å². The Bertz CT molecular complexity index is 1110. The predicted octanol–water partition coefficient (Wildman–Crippen LogP) is 4.69. The first-order valence-electron chi connectivity index (χ1n) is 8.84. The lowest BCUT2D eigenvalue weighted by atomic mass is 10.2. The zero-order valence-electron chi connectivity index (χ0n) is 15.5. The molecule has 0 amide bonds. The normalized spacial score (nSPS) is 11.4. The summed E-state index contributed by atoms with van der Waals surface area (Å²) in [6, 6.07) is 13.2. The summed E-state index contributed by atoms with van der Waals surface area (Å²) in [6.45, 7) is 6.79. The van der Waals surface area contributed by atoms with Crippen molar-refractivity contribution >= 4 is 22.8 Å². The van der Waals surface area contributed by atoms with E-state index in [4.69, 9.17) is 0 Å². The highest BCUT2D eigenvalue weighted by Crippen LogP contribution is 2.28. The summed E-state index contributed by atoms with van der Waals surface area (Å²) in [4.78, 5) is 4.53. The van der Waals surface area contributed by atoms with Crippen LogP contribution in [-0.4, -0.2) is 24.3 Å². The van der Waals surface area contributed by atoms with Crippen LogP contribution < -0.4 is 0 Å². The zero-order valence-corrected chi connectivity index (χ0v) is 16.3. The second-order valence-corrected chi connectivity index (χ2v) is 7.26. The highest BCUT2D eigenvalue weighted by Gasteiger charge is 2.17. The monoisotopic (exact) mass is 381 g/mol. The van der Waals surface area contributed by atoms with Crippen LogP contribution in [0.4, 0.5) is 4.39 Å². The van der Waals surface area contributed by atoms with Crippen molar-refractivity contribution in [2.45, 2.75) is 38.2 Å². The molecule has 4 aromatic rings. The molecule has 2 aromatic carbocycles. The molecule has 0 unspecified atom stereocenters. The summed E-state index contributed by atoms with van der Waals surface area (Å²) < 4.78 is 18.2. The smallest absolute Gasteiger partial charge is 0.196 e. The Labute approximate surface area is 161 Å². The number of fused-ring (bicyclic) bond motifs is 1. The minimum Gasteiger partial charge on any atom is -0.327 e. The fourth-order valence-electron chi connectivity index (χ4n) is 3.28. The highest BCUT2D eigenvalue weighted by molar-refractivity contribution is 7.98. The van der Waals surface area contributed by atoms with Gasteiger partial charge in [0.25, 0.3) is 0 Å². The van der Waals surface area contributed by atoms with Crippen molar-refractivity contribution < 1.29 is 4.39 Å². The van der Waals surface area contributed by atoms with E-state index in [2.05, 4.69) is 38.8 Å². The van der Waals surface area contributed by atoms with Crippen molar-refractivity contribution in [1.29, 1.82) is 0 Å². The summed E-state index contributed by atoms with van der Waals surface area (Å²) >= 11 is 1.56. The number of hydrogen-bond acceptors (Lipinski definition) is 4. The van der Waals surface area contributed by atoms with Crippen LogP contribution >= 0.6 is 11.8 Å². The van der Waals surface area contributed by atoms with Gasteiger partial charge in [0, 0.05) is 6.54 Å². The van der Waals surface area contributed by atoms with Gasteiger partial charge < -0.3 is 4.57 Å². The number of imidazole rings is 1. The molecule has 138 valence electrons. The third-order valence-electron chi connectivity index (χ3n) is 4.61. The molecule has 0 bridgehead atoms. The summed E-state index contributed by atoms with van der Waals surface area (Å²) in [7, 11) is 0. The van der Waals surface area contributed by atoms with Crippen LogP contribution in [-0.2, 0) is 12.3 Å². The van der Waals surface area contributed by atoms with Gasteiger partial charge in [0.15, 0.2) is 11.0 Å². The fourth-order valence-corrected chi connectivity index (χ4v) is 4.22. The average Bonchev–Trinajstić information content (AvgIpc) is 3.21. The van der Waals surface area contributed by atoms with Gasteiger partial charge in [-0.2, -0.15) is 0 Å². The van der Waals surface area contributed by atoms with Crippen LogP contribution in [0, 0.1) is 19.7 Å². The molecular weight excluding hydrogens is 361 g/mol. The molecule has 0 saturated heterocycles. The van der Waals surface area contributed by atoms with Crippen LogP contribution in [0.5, 0.6) is 0 Å². The lowest BCUT2D eigenvalue weighted by Crippen LogP contribution is -2.03. The second kappa shape index (κ2) is 7.15. The van der Waals surface area contributed by atoms with Crippen LogP contribution in [0.15, 0.2) is 47.6 Å². The Kier molecular flexibility index (Phi) is 4.70. The summed E-state index contributed by atoms with van der Waals surface area (Å²) in [5, 5.41) is 9.39. The molecule has 4 rings (SSSR count). The third-order valence-corrected chi connectivity index (χ3v) is 5.53. The first kappa shape index (κ1) is 17.7. The maximum Gasteiger partial charge on any atom is 0.196 e. The fraction of sp³-hybridized carbons (Fsp3) is 0.250. The van der Waals surface area contributed by atoms with Crippen molar-refractivity contribution in [2.24, 2.45) is 0 Å². The Morgan fingerprint density at radius 3 is 2.63 bits per heavy atom. The van der Waals surface area contributed by atoms with Crippen molar-refractivity contribution in [3.63, 3.8) is 0 Å². The molecule has 0 spiro atoms. The van der Waals surface area contributed by atoms with E-state index in [1.54, 1.807) is 17.8 Å². The van der Waals surface area contributed by atoms with Gasteiger partial charge in [-0.05, 0) is 44.5 Å². The van der Waals surface area contributed by atoms with Crippen molar-refractivity contribution in [3.8, 4) is 5.69 Å². The molecule has 5 nitrogen and oxygen atoms in total. The van der Waals surface area contributed by atoms with E-state index in [1.165, 1.54) is 6.07 Å². The third kappa shape index (κ3) is 3.12. The van der Waals surface area contributed by atoms with E-state index in [0.717, 1.165) is 40.1 Å². The number of nitrogens with zero attached hydrogens (tertiary/aromatic N) is 5. The van der Waals surface area contributed by atoms with Gasteiger partial charge in [-0.1, -0.05) is 36.0 Å². The largest absolute Gasteiger partial charge is 0.327 e. The SMILES string of the molecule is CCn1c(CSc2nnc(C)n2-c2ccccc2C)nc2c(F)cccc21. The van der Waals surface area contributed by atoms with Crippen LogP contribution in [0.25, 0.3) is 16.7 Å². The predicted molar refractivity (Wildman–Crippen MR) is 106 cm³/mol. The quantitative estimate of drug-likeness (QED) is 0.471. The molecule has 2 heterocycles. The molecule has 0 aliphatic rings. The second-order valence-electron chi connectivity index (χ2n) is 6.32. The van der Waals surface area contributed by atoms with Crippen molar-refractivity contribution in [2.75, 3.05) is 0 Å². The average molecular weight is 381 g/mol. The number of halogens is 1. The number of para-hydroxylation sites is 2. The van der Waals surface area contributed by atoms with E-state index in [0.29, 0.717) is 11.3 Å². The van der Waals surface area contributed by atoms with Gasteiger partial charge in [0.1, 0.15) is 17.2 Å². The molecule has 0 aliphatic heterocycles. The van der Waals surface area contributed by atoms with E-state index < -0.39 is 0 Å². The first-order valence-corrected chi connectivity index (χ1v) is 9.83. The Morgan fingerprint density at radius 1 is 1.04 bits per heavy atom. The molecule has 0 fully saturated rings. The van der Waals surface area contributed by atoms with Crippen molar-refractivity contribution in [1.82, 2.24) is 24.3 Å². The number of aromatic nitrogens is 5. The van der Waals surface area contributed by atoms with E-state index in [-0.39, 0.29) is 5.82 Å². The van der Waals surface area contributed by atoms with E-state index >= 15 is 0 Å². The molecule has 0 atom stereocenters. The molecule has 0 saturated carbocycles. The molecule has 2 aromatic heterocycles. The van der Waals surface area contributed by atoms with Crippen LogP contribution in [0.2, 0.25) is 0 Å². The van der Waals surface area contributed by atoms with Gasteiger partial charge in [0.2, 0.25) is 0 Å². The topological polar surface area (TPSA) is 48.5 Å². The number of hydrogen-bond donors (Lipinski definition) is 0. The van der Waals surface area contributed by atoms with Gasteiger partial charge in [-0.25, -0.2) is 9.37 Å². The van der Waals surface area contributed by atoms with Gasteiger partial charge in [-0.3, -0.25) is 4.57 Å². The Morgan fingerprint density at radius 2 is 1.85 bits per heavy atom. The maximum absolute atomic E-state index is 14.1. The summed E-state index contributed by atoms with van der Waals surface area (Å²) in [5.41, 5.74) is 3.47. The van der Waals surface area contributed by atoms with Crippen LogP contribution in [0.1, 0.15) is 24.1 Å². The maximum atomic E-state index is 14.1. The molecule has 27 heavy (non-hydrogen) atoms. The number of thioether (sulfide) groups is 1. The zero-order chi connectivity index (χ0) is 19.0. The molecule has 0 N–H and O–H groups in total. The van der Waals surface area contributed by atoms with Gasteiger partial charge in [-0.15, -0.1) is 10.2 Å². The number of aryl methyl sites for hydroxylation is 3. The molecule has 0 aliphatic carbocycles. The Hall–Kier alpha value is -2.67. The molecule has 0 radical (unpaired) electrons. The van der Waals surface area contributed by atoms with Crippen molar-refractivity contribution in [3.05, 3.63) is 65.5 Å². The lowest BCUT2D eigenvalue weighted by molar-refractivity contribution is 0.637. The molecular formula is C20H20FN5S. The Balaban J connectivity index is 1.69. The van der Waals surface area contributed by atoms with Gasteiger partial charge in [0.05, 0.1) is 17.0 Å². The summed E-state index contributed by atoms with van der Waals surface area (Å²) in [6.07, 6.45) is 0. The molecule has 7 heteroatoms. The minimum absolute atomic E-state index is 0.287. The highest BCUT2D eigenvalue weighted by atomic mass is 32.2. The van der Waals surface area contributed by atoms with Gasteiger partial charge >= 0.3 is 0 Å². The standard InChI is InChI=1S/C20H20FN5S/c1-4-25-17-11-7-9-15(21)19(17)22-18(25)12-27-20-24-23-14(3)26(20)16-10-6-5-8-13(16)2/h5-11H,4,12H2,1-3H3.